The minimum Gasteiger partial charge on any atom is -0.384 e. The van der Waals surface area contributed by atoms with Crippen LogP contribution in [0.3, 0.4) is 0 Å². The van der Waals surface area contributed by atoms with E-state index in [1.54, 1.807) is 0 Å². The molecule has 1 aromatic heterocycles. The molecule has 3 N–H and O–H groups in total. The van der Waals surface area contributed by atoms with E-state index in [9.17, 15) is 16.8 Å². The fraction of sp³-hybridized carbons (Fsp3) is 0.0833. The molecule has 0 aliphatic heterocycles. The van der Waals surface area contributed by atoms with E-state index in [1.165, 1.54) is 42.6 Å². The van der Waals surface area contributed by atoms with Gasteiger partial charge in [0.15, 0.2) is 9.84 Å². The first-order chi connectivity index (χ1) is 9.68. The Morgan fingerprint density at radius 3 is 2.14 bits per heavy atom. The van der Waals surface area contributed by atoms with Crippen LogP contribution in [-0.2, 0) is 19.9 Å². The van der Waals surface area contributed by atoms with Crippen LogP contribution in [0.25, 0.3) is 0 Å². The number of hydrogen-bond acceptors (Lipinski definition) is 6. The summed E-state index contributed by atoms with van der Waals surface area (Å²) in [6.07, 6.45) is 2.36. The molecule has 0 aliphatic carbocycles. The van der Waals surface area contributed by atoms with Crippen molar-refractivity contribution < 1.29 is 16.8 Å². The van der Waals surface area contributed by atoms with Crippen LogP contribution < -0.4 is 10.5 Å². The second-order valence-corrected chi connectivity index (χ2v) is 8.02. The highest BCUT2D eigenvalue weighted by Crippen LogP contribution is 2.18. The average Bonchev–Trinajstić information content (AvgIpc) is 2.38. The monoisotopic (exact) mass is 327 g/mol. The van der Waals surface area contributed by atoms with Crippen molar-refractivity contribution in [3.8, 4) is 0 Å². The number of sulfone groups is 1. The summed E-state index contributed by atoms with van der Waals surface area (Å²) in [6, 6.07) is 7.94. The van der Waals surface area contributed by atoms with Gasteiger partial charge >= 0.3 is 0 Å². The van der Waals surface area contributed by atoms with Crippen LogP contribution in [0.5, 0.6) is 0 Å². The molecule has 0 saturated carbocycles. The number of sulfonamides is 1. The van der Waals surface area contributed by atoms with Gasteiger partial charge in [-0.05, 0) is 30.3 Å². The van der Waals surface area contributed by atoms with Gasteiger partial charge in [-0.2, -0.15) is 0 Å². The van der Waals surface area contributed by atoms with E-state index < -0.39 is 19.9 Å². The minimum atomic E-state index is -3.80. The number of pyridine rings is 1. The van der Waals surface area contributed by atoms with Gasteiger partial charge in [0.2, 0.25) is 0 Å². The number of benzene rings is 1. The first-order valence-electron chi connectivity index (χ1n) is 5.73. The molecule has 21 heavy (non-hydrogen) atoms. The molecule has 0 spiro atoms. The Kier molecular flexibility index (Phi) is 3.88. The molecule has 9 heteroatoms. The lowest BCUT2D eigenvalue weighted by Gasteiger charge is -2.08. The summed E-state index contributed by atoms with van der Waals surface area (Å²) < 4.78 is 49.2. The number of rotatable bonds is 4. The number of nitrogens with one attached hydrogen (secondary N) is 1. The lowest BCUT2D eigenvalue weighted by atomic mass is 10.3. The van der Waals surface area contributed by atoms with Crippen molar-refractivity contribution in [3.63, 3.8) is 0 Å². The van der Waals surface area contributed by atoms with E-state index in [4.69, 9.17) is 5.73 Å². The minimum absolute atomic E-state index is 0.0258. The smallest absolute Gasteiger partial charge is 0.262 e. The Bertz CT molecular complexity index is 860. The molecule has 2 aromatic rings. The summed E-state index contributed by atoms with van der Waals surface area (Å²) in [5.41, 5.74) is 5.69. The van der Waals surface area contributed by atoms with Crippen molar-refractivity contribution in [1.29, 1.82) is 0 Å². The highest BCUT2D eigenvalue weighted by molar-refractivity contribution is 7.92. The Hall–Kier alpha value is -2.13. The molecule has 7 nitrogen and oxygen atoms in total. The van der Waals surface area contributed by atoms with Gasteiger partial charge in [-0.1, -0.05) is 0 Å². The van der Waals surface area contributed by atoms with E-state index in [1.807, 2.05) is 0 Å². The number of anilines is 2. The molecule has 1 heterocycles. The molecule has 0 amide bonds. The van der Waals surface area contributed by atoms with Gasteiger partial charge in [0, 0.05) is 24.2 Å². The number of nitrogen functional groups attached to an aromatic ring is 1. The largest absolute Gasteiger partial charge is 0.384 e. The van der Waals surface area contributed by atoms with Gasteiger partial charge in [-0.3, -0.25) is 4.72 Å². The van der Waals surface area contributed by atoms with E-state index in [0.29, 0.717) is 0 Å². The average molecular weight is 327 g/mol. The Balaban J connectivity index is 2.29. The van der Waals surface area contributed by atoms with Gasteiger partial charge < -0.3 is 5.73 Å². The highest BCUT2D eigenvalue weighted by Gasteiger charge is 2.15. The Labute approximate surface area is 122 Å². The zero-order valence-corrected chi connectivity index (χ0v) is 12.6. The van der Waals surface area contributed by atoms with Crippen LogP contribution in [-0.4, -0.2) is 28.1 Å². The maximum absolute atomic E-state index is 12.1. The van der Waals surface area contributed by atoms with Crippen molar-refractivity contribution in [2.24, 2.45) is 0 Å². The predicted molar refractivity (Wildman–Crippen MR) is 79.0 cm³/mol. The summed E-state index contributed by atoms with van der Waals surface area (Å²) in [4.78, 5) is 3.80. The van der Waals surface area contributed by atoms with E-state index in [-0.39, 0.29) is 21.3 Å². The molecule has 0 atom stereocenters. The summed E-state index contributed by atoms with van der Waals surface area (Å²) in [5, 5.41) is 0. The lowest BCUT2D eigenvalue weighted by molar-refractivity contribution is 0.600. The fourth-order valence-corrected chi connectivity index (χ4v) is 3.29. The molecule has 0 saturated heterocycles. The molecule has 0 fully saturated rings. The number of aromatic nitrogens is 1. The Morgan fingerprint density at radius 1 is 1.00 bits per heavy atom. The molecular weight excluding hydrogens is 314 g/mol. The fourth-order valence-electron chi connectivity index (χ4n) is 1.58. The van der Waals surface area contributed by atoms with Gasteiger partial charge in [-0.25, -0.2) is 21.8 Å². The quantitative estimate of drug-likeness (QED) is 0.860. The van der Waals surface area contributed by atoms with Crippen molar-refractivity contribution in [3.05, 3.63) is 42.6 Å². The highest BCUT2D eigenvalue weighted by atomic mass is 32.2. The molecule has 112 valence electrons. The normalized spacial score (nSPS) is 12.0. The van der Waals surface area contributed by atoms with E-state index in [0.717, 1.165) is 6.26 Å². The number of nitrogens with zero attached hydrogens (tertiary/aromatic N) is 1. The predicted octanol–water partition coefficient (Wildman–Crippen LogP) is 0.868. The second kappa shape index (κ2) is 5.34. The van der Waals surface area contributed by atoms with E-state index in [2.05, 4.69) is 9.71 Å². The Morgan fingerprint density at radius 2 is 1.62 bits per heavy atom. The van der Waals surface area contributed by atoms with Gasteiger partial charge in [-0.15, -0.1) is 0 Å². The molecule has 1 aromatic carbocycles. The summed E-state index contributed by atoms with van der Waals surface area (Å²) in [5.74, 6) is 0.0882. The van der Waals surface area contributed by atoms with Crippen LogP contribution in [0.1, 0.15) is 0 Å². The lowest BCUT2D eigenvalue weighted by Crippen LogP contribution is -2.13. The maximum Gasteiger partial charge on any atom is 0.262 e. The van der Waals surface area contributed by atoms with Crippen LogP contribution in [0.15, 0.2) is 52.4 Å². The first kappa shape index (κ1) is 15.3. The van der Waals surface area contributed by atoms with Crippen molar-refractivity contribution in [2.45, 2.75) is 9.79 Å². The molecule has 0 aliphatic rings. The van der Waals surface area contributed by atoms with E-state index >= 15 is 0 Å². The van der Waals surface area contributed by atoms with Crippen molar-refractivity contribution in [1.82, 2.24) is 4.98 Å². The maximum atomic E-state index is 12.1. The summed E-state index contributed by atoms with van der Waals surface area (Å²) in [6.45, 7) is 0. The standard InChI is InChI=1S/C12H13N3O4S2/c1-20(16,17)10-4-2-9(3-5-10)15-21(18,19)11-6-7-14-12(13)8-11/h2-8,15H,1H3,(H2,13,14). The van der Waals surface area contributed by atoms with Gasteiger partial charge in [0.1, 0.15) is 5.82 Å². The third-order valence-electron chi connectivity index (χ3n) is 2.60. The van der Waals surface area contributed by atoms with Crippen LogP contribution in [0.4, 0.5) is 11.5 Å². The van der Waals surface area contributed by atoms with Gasteiger partial charge in [0.05, 0.1) is 9.79 Å². The van der Waals surface area contributed by atoms with Crippen LogP contribution in [0.2, 0.25) is 0 Å². The van der Waals surface area contributed by atoms with Crippen molar-refractivity contribution >= 4 is 31.4 Å². The third-order valence-corrected chi connectivity index (χ3v) is 5.10. The summed E-state index contributed by atoms with van der Waals surface area (Å²) >= 11 is 0. The van der Waals surface area contributed by atoms with Gasteiger partial charge in [0.25, 0.3) is 10.0 Å². The SMILES string of the molecule is CS(=O)(=O)c1ccc(NS(=O)(=O)c2ccnc(N)c2)cc1. The molecule has 0 radical (unpaired) electrons. The molecule has 2 rings (SSSR count). The number of nitrogens with two attached hydrogens (primary N) is 1. The van der Waals surface area contributed by atoms with Crippen LogP contribution >= 0.6 is 0 Å². The van der Waals surface area contributed by atoms with Crippen molar-refractivity contribution in [2.75, 3.05) is 16.7 Å². The zero-order chi connectivity index (χ0) is 15.7. The third kappa shape index (κ3) is 3.70. The molecular formula is C12H13N3O4S2. The molecule has 0 bridgehead atoms. The summed E-state index contributed by atoms with van der Waals surface area (Å²) in [7, 11) is -7.13. The van der Waals surface area contributed by atoms with Crippen LogP contribution in [0, 0.1) is 0 Å². The second-order valence-electron chi connectivity index (χ2n) is 4.32. The topological polar surface area (TPSA) is 119 Å². The molecule has 0 unspecified atom stereocenters. The number of hydrogen-bond donors (Lipinski definition) is 2. The zero-order valence-electron chi connectivity index (χ0n) is 11.0. The first-order valence-corrected chi connectivity index (χ1v) is 9.10.